The first-order valence-electron chi connectivity index (χ1n) is 8.74. The summed E-state index contributed by atoms with van der Waals surface area (Å²) in [6.07, 6.45) is 1.70. The van der Waals surface area contributed by atoms with Crippen LogP contribution in [-0.2, 0) is 17.9 Å². The van der Waals surface area contributed by atoms with Crippen LogP contribution in [-0.4, -0.2) is 26.4 Å². The number of anilines is 1. The van der Waals surface area contributed by atoms with E-state index in [1.54, 1.807) is 28.8 Å². The predicted molar refractivity (Wildman–Crippen MR) is 117 cm³/mol. The van der Waals surface area contributed by atoms with Gasteiger partial charge in [-0.15, -0.1) is 16.8 Å². The maximum absolute atomic E-state index is 13.0. The number of rotatable bonds is 9. The number of halogens is 3. The molecule has 0 fully saturated rings. The molecule has 3 rings (SSSR count). The Kier molecular flexibility index (Phi) is 7.73. The Balaban J connectivity index is 1.61. The SMILES string of the molecule is C=CCn1c(COc2ccc(F)cc2)nnc1SCC(=O)Nc1cc(Cl)cc(Cl)c1. The van der Waals surface area contributed by atoms with Crippen molar-refractivity contribution in [1.82, 2.24) is 14.8 Å². The average molecular weight is 467 g/mol. The van der Waals surface area contributed by atoms with E-state index in [9.17, 15) is 9.18 Å². The molecule has 1 amide bonds. The van der Waals surface area contributed by atoms with Crippen LogP contribution in [0.3, 0.4) is 0 Å². The van der Waals surface area contributed by atoms with Gasteiger partial charge in [0.1, 0.15) is 18.2 Å². The van der Waals surface area contributed by atoms with Crippen molar-refractivity contribution in [2.75, 3.05) is 11.1 Å². The van der Waals surface area contributed by atoms with Crippen LogP contribution in [0.15, 0.2) is 60.3 Å². The van der Waals surface area contributed by atoms with Gasteiger partial charge < -0.3 is 10.1 Å². The van der Waals surface area contributed by atoms with Gasteiger partial charge in [0.05, 0.1) is 5.75 Å². The summed E-state index contributed by atoms with van der Waals surface area (Å²) in [7, 11) is 0. The molecule has 0 atom stereocenters. The third kappa shape index (κ3) is 6.22. The van der Waals surface area contributed by atoms with Crippen molar-refractivity contribution in [1.29, 1.82) is 0 Å². The molecule has 0 aliphatic heterocycles. The van der Waals surface area contributed by atoms with Crippen molar-refractivity contribution in [3.05, 3.63) is 76.8 Å². The standard InChI is InChI=1S/C20H17Cl2FN4O2S/c1-2-7-27-18(11-29-17-5-3-15(23)4-6-17)25-26-20(27)30-12-19(28)24-16-9-13(21)8-14(22)10-16/h2-6,8-10H,1,7,11-12H2,(H,24,28). The summed E-state index contributed by atoms with van der Waals surface area (Å²) in [6.45, 7) is 4.33. The molecule has 10 heteroatoms. The van der Waals surface area contributed by atoms with Crippen molar-refractivity contribution in [2.24, 2.45) is 0 Å². The van der Waals surface area contributed by atoms with Crippen LogP contribution in [0.4, 0.5) is 10.1 Å². The van der Waals surface area contributed by atoms with Gasteiger partial charge in [-0.25, -0.2) is 4.39 Å². The normalized spacial score (nSPS) is 10.6. The number of nitrogens with one attached hydrogen (secondary N) is 1. The maximum atomic E-state index is 13.0. The lowest BCUT2D eigenvalue weighted by Gasteiger charge is -2.09. The fraction of sp³-hybridized carbons (Fsp3) is 0.150. The number of benzene rings is 2. The van der Waals surface area contributed by atoms with Gasteiger partial charge in [-0.2, -0.15) is 0 Å². The zero-order valence-corrected chi connectivity index (χ0v) is 18.0. The molecule has 0 aliphatic rings. The summed E-state index contributed by atoms with van der Waals surface area (Å²) in [6, 6.07) is 10.5. The molecule has 156 valence electrons. The lowest BCUT2D eigenvalue weighted by atomic mass is 10.3. The van der Waals surface area contributed by atoms with Crippen LogP contribution in [0.1, 0.15) is 5.82 Å². The highest BCUT2D eigenvalue weighted by molar-refractivity contribution is 7.99. The summed E-state index contributed by atoms with van der Waals surface area (Å²) in [4.78, 5) is 12.3. The first kappa shape index (κ1) is 22.1. The van der Waals surface area contributed by atoms with Crippen LogP contribution in [0.2, 0.25) is 10.0 Å². The summed E-state index contributed by atoms with van der Waals surface area (Å²) < 4.78 is 20.4. The van der Waals surface area contributed by atoms with Gasteiger partial charge in [0.15, 0.2) is 11.0 Å². The van der Waals surface area contributed by atoms with E-state index in [-0.39, 0.29) is 24.1 Å². The lowest BCUT2D eigenvalue weighted by Crippen LogP contribution is -2.15. The van der Waals surface area contributed by atoms with E-state index >= 15 is 0 Å². The fourth-order valence-electron chi connectivity index (χ4n) is 2.48. The van der Waals surface area contributed by atoms with E-state index in [2.05, 4.69) is 22.1 Å². The largest absolute Gasteiger partial charge is 0.486 e. The van der Waals surface area contributed by atoms with E-state index in [0.717, 1.165) is 0 Å². The van der Waals surface area contributed by atoms with Gasteiger partial charge in [0.2, 0.25) is 5.91 Å². The molecule has 0 unspecified atom stereocenters. The first-order chi connectivity index (χ1) is 14.4. The van der Waals surface area contributed by atoms with Crippen molar-refractivity contribution in [2.45, 2.75) is 18.3 Å². The molecule has 2 aromatic carbocycles. The molecule has 0 bridgehead atoms. The van der Waals surface area contributed by atoms with Crippen molar-refractivity contribution in [3.63, 3.8) is 0 Å². The highest BCUT2D eigenvalue weighted by Gasteiger charge is 2.14. The van der Waals surface area contributed by atoms with Gasteiger partial charge in [0.25, 0.3) is 0 Å². The Morgan fingerprint density at radius 1 is 1.20 bits per heavy atom. The molecule has 0 saturated carbocycles. The Hall–Kier alpha value is -2.55. The summed E-state index contributed by atoms with van der Waals surface area (Å²) in [5.74, 6) is 0.602. The smallest absolute Gasteiger partial charge is 0.234 e. The Bertz CT molecular complexity index is 1020. The lowest BCUT2D eigenvalue weighted by molar-refractivity contribution is -0.113. The van der Waals surface area contributed by atoms with E-state index in [4.69, 9.17) is 27.9 Å². The Morgan fingerprint density at radius 3 is 2.57 bits per heavy atom. The highest BCUT2D eigenvalue weighted by atomic mass is 35.5. The third-order valence-corrected chi connectivity index (χ3v) is 5.17. The molecule has 6 nitrogen and oxygen atoms in total. The second-order valence-electron chi connectivity index (χ2n) is 6.04. The van der Waals surface area contributed by atoms with Crippen molar-refractivity contribution < 1.29 is 13.9 Å². The van der Waals surface area contributed by atoms with Crippen LogP contribution < -0.4 is 10.1 Å². The van der Waals surface area contributed by atoms with Gasteiger partial charge in [-0.05, 0) is 42.5 Å². The van der Waals surface area contributed by atoms with E-state index < -0.39 is 0 Å². The monoisotopic (exact) mass is 466 g/mol. The van der Waals surface area contributed by atoms with E-state index in [0.29, 0.717) is 39.0 Å². The molecular formula is C20H17Cl2FN4O2S. The second kappa shape index (κ2) is 10.5. The van der Waals surface area contributed by atoms with E-state index in [1.165, 1.54) is 36.0 Å². The number of allylic oxidation sites excluding steroid dienone is 1. The number of amides is 1. The highest BCUT2D eigenvalue weighted by Crippen LogP contribution is 2.23. The number of carbonyl (C=O) groups excluding carboxylic acids is 1. The minimum absolute atomic E-state index is 0.109. The van der Waals surface area contributed by atoms with Crippen molar-refractivity contribution in [3.8, 4) is 5.75 Å². The number of nitrogens with zero attached hydrogens (tertiary/aromatic N) is 3. The molecular weight excluding hydrogens is 450 g/mol. The number of carbonyl (C=O) groups is 1. The molecule has 3 aromatic rings. The molecule has 1 N–H and O–H groups in total. The van der Waals surface area contributed by atoms with E-state index in [1.807, 2.05) is 0 Å². The number of hydrogen-bond acceptors (Lipinski definition) is 5. The second-order valence-corrected chi connectivity index (χ2v) is 7.85. The first-order valence-corrected chi connectivity index (χ1v) is 10.5. The third-order valence-electron chi connectivity index (χ3n) is 3.77. The zero-order chi connectivity index (χ0) is 21.5. The molecule has 0 saturated heterocycles. The minimum Gasteiger partial charge on any atom is -0.486 e. The van der Waals surface area contributed by atoms with Crippen LogP contribution in [0.5, 0.6) is 5.75 Å². The van der Waals surface area contributed by atoms with Gasteiger partial charge in [-0.3, -0.25) is 9.36 Å². The van der Waals surface area contributed by atoms with Gasteiger partial charge >= 0.3 is 0 Å². The van der Waals surface area contributed by atoms with Gasteiger partial charge in [0, 0.05) is 22.3 Å². The summed E-state index contributed by atoms with van der Waals surface area (Å²) in [5, 5.41) is 12.4. The fourth-order valence-corrected chi connectivity index (χ4v) is 3.77. The Morgan fingerprint density at radius 2 is 1.90 bits per heavy atom. The topological polar surface area (TPSA) is 69.0 Å². The predicted octanol–water partition coefficient (Wildman–Crippen LogP) is 5.22. The quantitative estimate of drug-likeness (QED) is 0.345. The molecule has 0 aliphatic carbocycles. The van der Waals surface area contributed by atoms with Gasteiger partial charge in [-0.1, -0.05) is 41.0 Å². The molecule has 30 heavy (non-hydrogen) atoms. The minimum atomic E-state index is -0.339. The zero-order valence-electron chi connectivity index (χ0n) is 15.6. The number of aromatic nitrogens is 3. The molecule has 0 spiro atoms. The summed E-state index contributed by atoms with van der Waals surface area (Å²) >= 11 is 13.1. The average Bonchev–Trinajstić information content (AvgIpc) is 3.07. The van der Waals surface area contributed by atoms with Crippen LogP contribution >= 0.6 is 35.0 Å². The molecule has 1 heterocycles. The van der Waals surface area contributed by atoms with Crippen LogP contribution in [0, 0.1) is 5.82 Å². The maximum Gasteiger partial charge on any atom is 0.234 e. The van der Waals surface area contributed by atoms with Crippen LogP contribution in [0.25, 0.3) is 0 Å². The molecule has 1 aromatic heterocycles. The molecule has 0 radical (unpaired) electrons. The Labute approximate surface area is 187 Å². The number of thioether (sulfide) groups is 1. The summed E-state index contributed by atoms with van der Waals surface area (Å²) in [5.41, 5.74) is 0.513. The van der Waals surface area contributed by atoms with Crippen molar-refractivity contribution >= 4 is 46.6 Å². The number of hydrogen-bond donors (Lipinski definition) is 1. The number of ether oxygens (including phenoxy) is 1.